The Morgan fingerprint density at radius 3 is 2.47 bits per heavy atom. The summed E-state index contributed by atoms with van der Waals surface area (Å²) >= 11 is 1.70. The number of aromatic nitrogens is 4. The van der Waals surface area contributed by atoms with E-state index in [4.69, 9.17) is 5.10 Å². The van der Waals surface area contributed by atoms with Gasteiger partial charge in [0.25, 0.3) is 5.56 Å². The summed E-state index contributed by atoms with van der Waals surface area (Å²) in [6.07, 6.45) is 0. The van der Waals surface area contributed by atoms with Gasteiger partial charge >= 0.3 is 5.69 Å². The van der Waals surface area contributed by atoms with E-state index in [1.807, 2.05) is 47.1 Å². The third-order valence-corrected chi connectivity index (χ3v) is 6.71. The van der Waals surface area contributed by atoms with Crippen molar-refractivity contribution in [1.29, 1.82) is 0 Å². The van der Waals surface area contributed by atoms with Gasteiger partial charge in [0.05, 0.1) is 12.2 Å². The highest BCUT2D eigenvalue weighted by Gasteiger charge is 2.23. The number of nitrogens with zero attached hydrogens (tertiary/aromatic N) is 4. The Balaban J connectivity index is 1.83. The first-order valence-electron chi connectivity index (χ1n) is 10.7. The molecular weight excluding hydrogens is 420 g/mol. The van der Waals surface area contributed by atoms with Gasteiger partial charge in [0.1, 0.15) is 5.39 Å². The minimum atomic E-state index is -0.332. The van der Waals surface area contributed by atoms with Crippen molar-refractivity contribution < 1.29 is 0 Å². The number of benzene rings is 2. The smallest absolute Gasteiger partial charge is 0.276 e. The zero-order valence-electron chi connectivity index (χ0n) is 18.3. The summed E-state index contributed by atoms with van der Waals surface area (Å²) in [6, 6.07) is 18.1. The van der Waals surface area contributed by atoms with Crippen LogP contribution in [0.15, 0.2) is 69.6 Å². The lowest BCUT2D eigenvalue weighted by Gasteiger charge is -2.11. The number of thiophene rings is 1. The van der Waals surface area contributed by atoms with Crippen LogP contribution in [0.25, 0.3) is 32.4 Å². The highest BCUT2D eigenvalue weighted by atomic mass is 32.1. The van der Waals surface area contributed by atoms with Gasteiger partial charge in [0.15, 0.2) is 5.65 Å². The van der Waals surface area contributed by atoms with Crippen LogP contribution in [0.1, 0.15) is 19.4 Å². The zero-order chi connectivity index (χ0) is 22.4. The quantitative estimate of drug-likeness (QED) is 0.401. The minimum Gasteiger partial charge on any atom is -0.276 e. The van der Waals surface area contributed by atoms with Crippen molar-refractivity contribution >= 4 is 32.5 Å². The number of hydrogen-bond donors (Lipinski definition) is 0. The molecule has 0 amide bonds. The predicted molar refractivity (Wildman–Crippen MR) is 130 cm³/mol. The van der Waals surface area contributed by atoms with Crippen molar-refractivity contribution in [2.24, 2.45) is 13.0 Å². The van der Waals surface area contributed by atoms with Crippen LogP contribution in [-0.4, -0.2) is 18.9 Å². The second kappa shape index (κ2) is 7.91. The molecular formula is C25H24N4O2S. The lowest BCUT2D eigenvalue weighted by atomic mass is 10.1. The Morgan fingerprint density at radius 2 is 1.72 bits per heavy atom. The molecule has 0 spiro atoms. The fourth-order valence-corrected chi connectivity index (χ4v) is 5.17. The van der Waals surface area contributed by atoms with Crippen LogP contribution >= 0.6 is 11.3 Å². The molecule has 0 saturated heterocycles. The fourth-order valence-electron chi connectivity index (χ4n) is 4.21. The first kappa shape index (κ1) is 20.5. The zero-order valence-corrected chi connectivity index (χ0v) is 19.1. The highest BCUT2D eigenvalue weighted by Crippen LogP contribution is 2.30. The van der Waals surface area contributed by atoms with Crippen LogP contribution in [0.2, 0.25) is 0 Å². The molecule has 0 unspecified atom stereocenters. The van der Waals surface area contributed by atoms with Gasteiger partial charge in [-0.1, -0.05) is 62.4 Å². The van der Waals surface area contributed by atoms with Gasteiger partial charge < -0.3 is 0 Å². The summed E-state index contributed by atoms with van der Waals surface area (Å²) in [6.45, 7) is 5.12. The predicted octanol–water partition coefficient (Wildman–Crippen LogP) is 4.48. The summed E-state index contributed by atoms with van der Waals surface area (Å²) in [4.78, 5) is 26.3. The lowest BCUT2D eigenvalue weighted by molar-refractivity contribution is 0.498. The second-order valence-corrected chi connectivity index (χ2v) is 9.39. The van der Waals surface area contributed by atoms with E-state index in [9.17, 15) is 9.59 Å². The van der Waals surface area contributed by atoms with Crippen molar-refractivity contribution in [2.75, 3.05) is 0 Å². The summed E-state index contributed by atoms with van der Waals surface area (Å²) in [5, 5.41) is 8.67. The van der Waals surface area contributed by atoms with Gasteiger partial charge in [0, 0.05) is 23.9 Å². The molecule has 0 radical (unpaired) electrons. The van der Waals surface area contributed by atoms with E-state index in [-0.39, 0.29) is 17.2 Å². The van der Waals surface area contributed by atoms with Gasteiger partial charge in [-0.15, -0.1) is 11.3 Å². The molecule has 0 saturated carbocycles. The van der Waals surface area contributed by atoms with Crippen LogP contribution < -0.4 is 11.2 Å². The number of rotatable bonds is 5. The first-order valence-corrected chi connectivity index (χ1v) is 11.5. The highest BCUT2D eigenvalue weighted by molar-refractivity contribution is 7.17. The maximum Gasteiger partial charge on any atom is 0.332 e. The average Bonchev–Trinajstić information content (AvgIpc) is 3.38. The van der Waals surface area contributed by atoms with E-state index in [2.05, 4.69) is 31.4 Å². The van der Waals surface area contributed by atoms with E-state index in [1.54, 1.807) is 23.0 Å². The third-order valence-electron chi connectivity index (χ3n) is 5.70. The molecule has 7 heteroatoms. The number of hydrogen-bond acceptors (Lipinski definition) is 4. The lowest BCUT2D eigenvalue weighted by Crippen LogP contribution is -2.38. The molecule has 32 heavy (non-hydrogen) atoms. The fraction of sp³-hybridized carbons (Fsp3) is 0.240. The van der Waals surface area contributed by atoms with E-state index in [0.29, 0.717) is 24.1 Å². The molecule has 5 aromatic rings. The Morgan fingerprint density at radius 1 is 1.00 bits per heavy atom. The molecule has 5 rings (SSSR count). The number of fused-ring (bicyclic) bond motifs is 2. The standard InChI is InChI=1S/C25H24N4O2S/c1-16(2)13-28-23-21(24(30)27(3)25(28)31)22(17-9-5-4-6-10-17)29(26-23)14-18-15-32-20-12-8-7-11-19(18)20/h4-12,15-16H,13-14H2,1-3H3. The molecule has 6 nitrogen and oxygen atoms in total. The molecule has 0 bridgehead atoms. The van der Waals surface area contributed by atoms with Crippen molar-refractivity contribution in [2.45, 2.75) is 26.9 Å². The second-order valence-electron chi connectivity index (χ2n) is 8.48. The third kappa shape index (κ3) is 3.29. The van der Waals surface area contributed by atoms with Gasteiger partial charge in [-0.2, -0.15) is 5.10 Å². The van der Waals surface area contributed by atoms with Gasteiger partial charge in [0.2, 0.25) is 0 Å². The van der Waals surface area contributed by atoms with Crippen LogP contribution in [-0.2, 0) is 20.1 Å². The van der Waals surface area contributed by atoms with Crippen LogP contribution in [0.3, 0.4) is 0 Å². The normalized spacial score (nSPS) is 11.8. The SMILES string of the molecule is CC(C)Cn1c(=O)n(C)c(=O)c2c(-c3ccccc3)n(Cc3csc4ccccc34)nc21. The molecule has 0 aliphatic rings. The molecule has 2 aromatic carbocycles. The summed E-state index contributed by atoms with van der Waals surface area (Å²) in [5.41, 5.74) is 2.59. The van der Waals surface area contributed by atoms with E-state index < -0.39 is 0 Å². The Kier molecular flexibility index (Phi) is 5.06. The maximum absolute atomic E-state index is 13.3. The minimum absolute atomic E-state index is 0.236. The van der Waals surface area contributed by atoms with E-state index >= 15 is 0 Å². The van der Waals surface area contributed by atoms with Crippen molar-refractivity contribution in [3.05, 3.63) is 86.4 Å². The summed E-state index contributed by atoms with van der Waals surface area (Å²) < 4.78 is 5.93. The Hall–Kier alpha value is -3.45. The largest absolute Gasteiger partial charge is 0.332 e. The van der Waals surface area contributed by atoms with Gasteiger partial charge in [-0.05, 0) is 28.3 Å². The van der Waals surface area contributed by atoms with Crippen LogP contribution in [0.4, 0.5) is 0 Å². The molecule has 162 valence electrons. The molecule has 0 atom stereocenters. The molecule has 3 aromatic heterocycles. The van der Waals surface area contributed by atoms with Crippen LogP contribution in [0.5, 0.6) is 0 Å². The summed E-state index contributed by atoms with van der Waals surface area (Å²) in [5.74, 6) is 0.236. The van der Waals surface area contributed by atoms with Gasteiger partial charge in [-0.3, -0.25) is 18.6 Å². The molecule has 0 fully saturated rings. The Labute approximate surface area is 189 Å². The van der Waals surface area contributed by atoms with Crippen molar-refractivity contribution in [3.8, 4) is 11.3 Å². The summed E-state index contributed by atoms with van der Waals surface area (Å²) in [7, 11) is 1.54. The molecule has 0 aliphatic carbocycles. The maximum atomic E-state index is 13.3. The molecule has 0 aliphatic heterocycles. The van der Waals surface area contributed by atoms with Crippen molar-refractivity contribution in [3.63, 3.8) is 0 Å². The van der Waals surface area contributed by atoms with Gasteiger partial charge in [-0.25, -0.2) is 4.79 Å². The molecule has 3 heterocycles. The van der Waals surface area contributed by atoms with Crippen LogP contribution in [0, 0.1) is 5.92 Å². The molecule has 0 N–H and O–H groups in total. The first-order chi connectivity index (χ1) is 15.5. The van der Waals surface area contributed by atoms with E-state index in [1.165, 1.54) is 14.7 Å². The Bertz CT molecular complexity index is 1550. The monoisotopic (exact) mass is 444 g/mol. The average molecular weight is 445 g/mol. The van der Waals surface area contributed by atoms with Crippen molar-refractivity contribution in [1.82, 2.24) is 18.9 Å². The topological polar surface area (TPSA) is 61.8 Å². The van der Waals surface area contributed by atoms with E-state index in [0.717, 1.165) is 16.8 Å².